The van der Waals surface area contributed by atoms with Gasteiger partial charge in [-0.25, -0.2) is 14.0 Å². The van der Waals surface area contributed by atoms with Crippen molar-refractivity contribution in [1.29, 1.82) is 0 Å². The van der Waals surface area contributed by atoms with Gasteiger partial charge in [0.05, 0.1) is 50.3 Å². The maximum Gasteiger partial charge on any atom is 0.300 e. The highest BCUT2D eigenvalue weighted by Crippen LogP contribution is 2.41. The van der Waals surface area contributed by atoms with Crippen molar-refractivity contribution in [2.45, 2.75) is 57.4 Å². The number of benzene rings is 2. The first-order chi connectivity index (χ1) is 25.2. The Morgan fingerprint density at radius 1 is 0.904 bits per heavy atom. The largest absolute Gasteiger partial charge is 0.381 e. The Balaban J connectivity index is 0.967. The lowest BCUT2D eigenvalue weighted by Crippen LogP contribution is -2.58. The van der Waals surface area contributed by atoms with Gasteiger partial charge in [-0.3, -0.25) is 19.7 Å². The molecule has 0 aliphatic heterocycles. The van der Waals surface area contributed by atoms with Crippen LogP contribution in [0.2, 0.25) is 0 Å². The number of nitro benzene ring substituents is 1. The molecule has 1 fully saturated rings. The second-order valence-electron chi connectivity index (χ2n) is 12.4. The van der Waals surface area contributed by atoms with Crippen LogP contribution in [0.1, 0.15) is 72.8 Å². The summed E-state index contributed by atoms with van der Waals surface area (Å²) >= 11 is 0. The number of fused-ring (bicyclic) bond motifs is 1. The lowest BCUT2D eigenvalue weighted by Gasteiger charge is -2.31. The van der Waals surface area contributed by atoms with E-state index in [0.717, 1.165) is 29.7 Å². The maximum absolute atomic E-state index is 13.5. The number of rotatable bonds is 22. The molecule has 4 aromatic rings. The summed E-state index contributed by atoms with van der Waals surface area (Å²) in [6.45, 7) is 6.41. The molecule has 2 aromatic heterocycles. The Labute approximate surface area is 300 Å². The molecule has 5 rings (SSSR count). The molecule has 0 bridgehead atoms. The van der Waals surface area contributed by atoms with Crippen molar-refractivity contribution in [3.8, 4) is 0 Å². The fourth-order valence-corrected chi connectivity index (χ4v) is 5.78. The number of halogens is 1. The van der Waals surface area contributed by atoms with Gasteiger partial charge in [0, 0.05) is 31.3 Å². The van der Waals surface area contributed by atoms with Gasteiger partial charge in [0.25, 0.3) is 5.91 Å². The molecule has 0 saturated heterocycles. The van der Waals surface area contributed by atoms with Crippen molar-refractivity contribution >= 4 is 34.2 Å². The third-order valence-electron chi connectivity index (χ3n) is 8.97. The zero-order chi connectivity index (χ0) is 36.9. The number of nitro groups is 1. The number of ether oxygens (including phenoxy) is 3. The van der Waals surface area contributed by atoms with Gasteiger partial charge in [0.15, 0.2) is 5.52 Å². The number of nitrogens with one attached hydrogen (secondary N) is 3. The molecule has 3 N–H and O–H groups in total. The van der Waals surface area contributed by atoms with Crippen LogP contribution in [0.25, 0.3) is 11.0 Å². The molecule has 1 aliphatic carbocycles. The van der Waals surface area contributed by atoms with E-state index in [1.165, 1.54) is 18.2 Å². The maximum atomic E-state index is 13.5. The zero-order valence-electron chi connectivity index (χ0n) is 29.3. The van der Waals surface area contributed by atoms with Crippen LogP contribution in [0.3, 0.4) is 0 Å². The number of hydrogen-bond donors (Lipinski definition) is 3. The number of non-ortho nitro benzene ring substituents is 1. The standard InChI is InChI=1S/C36H44FN7O8/c1-3-36(4-2,41-34(45)29-12-11-27(25-7-8-25)30(40-29)23-24-5-9-26(37)10-6-24)35(46)39-16-18-50-20-22-51-21-19-49-17-15-38-28-13-14-31(44(47)48)33-32(28)42-52-43-33/h5-6,9-14,25,38H,3-4,7-8,15-23H2,1-2H3,(H,39,46)(H,41,45). The monoisotopic (exact) mass is 721 g/mol. The molecule has 0 unspecified atom stereocenters. The average Bonchev–Trinajstić information content (AvgIpc) is 3.87. The highest BCUT2D eigenvalue weighted by atomic mass is 19.1. The highest BCUT2D eigenvalue weighted by molar-refractivity contribution is 5.98. The van der Waals surface area contributed by atoms with Gasteiger partial charge in [-0.1, -0.05) is 32.0 Å². The number of hydrogen-bond acceptors (Lipinski definition) is 12. The van der Waals surface area contributed by atoms with Crippen LogP contribution in [0.15, 0.2) is 53.2 Å². The van der Waals surface area contributed by atoms with E-state index in [-0.39, 0.29) is 47.3 Å². The van der Waals surface area contributed by atoms with E-state index < -0.39 is 16.4 Å². The van der Waals surface area contributed by atoms with Crippen molar-refractivity contribution in [2.75, 3.05) is 58.0 Å². The Kier molecular flexibility index (Phi) is 13.5. The number of amides is 2. The topological polar surface area (TPSA) is 193 Å². The molecule has 16 heteroatoms. The predicted octanol–water partition coefficient (Wildman–Crippen LogP) is 4.70. The summed E-state index contributed by atoms with van der Waals surface area (Å²) in [7, 11) is 0. The summed E-state index contributed by atoms with van der Waals surface area (Å²) in [6, 6.07) is 12.8. The molecule has 1 aliphatic rings. The molecule has 0 radical (unpaired) electrons. The fourth-order valence-electron chi connectivity index (χ4n) is 5.78. The SMILES string of the molecule is CCC(CC)(NC(=O)c1ccc(C2CC2)c(Cc2ccc(F)cc2)n1)C(=O)NCCOCCOCCOCCNc1ccc([N+](=O)[O-])c2nonc12. The lowest BCUT2D eigenvalue weighted by molar-refractivity contribution is -0.383. The number of anilines is 1. The molecule has 1 saturated carbocycles. The first kappa shape index (κ1) is 38.2. The zero-order valence-corrected chi connectivity index (χ0v) is 29.3. The van der Waals surface area contributed by atoms with Gasteiger partial charge in [0.2, 0.25) is 11.4 Å². The second kappa shape index (κ2) is 18.4. The lowest BCUT2D eigenvalue weighted by atomic mass is 9.91. The van der Waals surface area contributed by atoms with Crippen molar-refractivity contribution < 1.29 is 37.7 Å². The number of carbonyl (C=O) groups excluding carboxylic acids is 2. The van der Waals surface area contributed by atoms with E-state index in [1.54, 1.807) is 24.3 Å². The summed E-state index contributed by atoms with van der Waals surface area (Å²) in [6.07, 6.45) is 3.41. The van der Waals surface area contributed by atoms with Crippen LogP contribution < -0.4 is 16.0 Å². The molecule has 2 aromatic carbocycles. The second-order valence-corrected chi connectivity index (χ2v) is 12.4. The fraction of sp³-hybridized carbons (Fsp3) is 0.472. The highest BCUT2D eigenvalue weighted by Gasteiger charge is 2.37. The normalized spacial score (nSPS) is 12.9. The van der Waals surface area contributed by atoms with Gasteiger partial charge in [-0.15, -0.1) is 0 Å². The Hall–Kier alpha value is -5.06. The quantitative estimate of drug-likeness (QED) is 0.0577. The average molecular weight is 722 g/mol. The molecule has 278 valence electrons. The third-order valence-corrected chi connectivity index (χ3v) is 8.97. The van der Waals surface area contributed by atoms with Crippen LogP contribution in [-0.2, 0) is 25.4 Å². The molecule has 15 nitrogen and oxygen atoms in total. The summed E-state index contributed by atoms with van der Waals surface area (Å²) in [5, 5.41) is 27.4. The molecule has 0 atom stereocenters. The summed E-state index contributed by atoms with van der Waals surface area (Å²) in [5.74, 6) is -0.608. The Morgan fingerprint density at radius 3 is 2.21 bits per heavy atom. The van der Waals surface area contributed by atoms with E-state index >= 15 is 0 Å². The van der Waals surface area contributed by atoms with E-state index in [4.69, 9.17) is 19.2 Å². The van der Waals surface area contributed by atoms with Crippen LogP contribution in [0, 0.1) is 15.9 Å². The van der Waals surface area contributed by atoms with Crippen LogP contribution >= 0.6 is 0 Å². The van der Waals surface area contributed by atoms with Crippen molar-refractivity contribution in [3.05, 3.63) is 87.0 Å². The predicted molar refractivity (Wildman–Crippen MR) is 189 cm³/mol. The number of carbonyl (C=O) groups is 2. The van der Waals surface area contributed by atoms with Gasteiger partial charge in [-0.2, -0.15) is 0 Å². The minimum atomic E-state index is -1.12. The Morgan fingerprint density at radius 2 is 1.56 bits per heavy atom. The third kappa shape index (κ3) is 10.0. The molecule has 2 amide bonds. The first-order valence-electron chi connectivity index (χ1n) is 17.5. The molecule has 52 heavy (non-hydrogen) atoms. The molecular weight excluding hydrogens is 677 g/mol. The van der Waals surface area contributed by atoms with E-state index in [0.29, 0.717) is 70.4 Å². The van der Waals surface area contributed by atoms with E-state index in [2.05, 4.69) is 30.9 Å². The van der Waals surface area contributed by atoms with Crippen molar-refractivity contribution in [1.82, 2.24) is 25.9 Å². The van der Waals surface area contributed by atoms with E-state index in [1.807, 2.05) is 19.9 Å². The van der Waals surface area contributed by atoms with Crippen molar-refractivity contribution in [3.63, 3.8) is 0 Å². The summed E-state index contributed by atoms with van der Waals surface area (Å²) < 4.78 is 34.8. The Bertz CT molecular complexity index is 1810. The number of nitrogens with zero attached hydrogens (tertiary/aromatic N) is 4. The number of pyridine rings is 1. The molecule has 2 heterocycles. The smallest absolute Gasteiger partial charge is 0.300 e. The van der Waals surface area contributed by atoms with Gasteiger partial charge in [-0.05, 0) is 77.3 Å². The van der Waals surface area contributed by atoms with Gasteiger partial charge < -0.3 is 30.2 Å². The van der Waals surface area contributed by atoms with Gasteiger partial charge >= 0.3 is 5.69 Å². The summed E-state index contributed by atoms with van der Waals surface area (Å²) in [4.78, 5) is 42.1. The molecular formula is C36H44FN7O8. The minimum absolute atomic E-state index is 0.0755. The minimum Gasteiger partial charge on any atom is -0.381 e. The van der Waals surface area contributed by atoms with Crippen LogP contribution in [-0.4, -0.2) is 90.3 Å². The summed E-state index contributed by atoms with van der Waals surface area (Å²) in [5.41, 5.74) is 2.64. The van der Waals surface area contributed by atoms with Crippen LogP contribution in [0.4, 0.5) is 15.8 Å². The van der Waals surface area contributed by atoms with Gasteiger partial charge in [0.1, 0.15) is 17.1 Å². The number of aromatic nitrogens is 3. The van der Waals surface area contributed by atoms with Crippen LogP contribution in [0.5, 0.6) is 0 Å². The first-order valence-corrected chi connectivity index (χ1v) is 17.5. The van der Waals surface area contributed by atoms with E-state index in [9.17, 15) is 24.1 Å². The molecule has 0 spiro atoms. The van der Waals surface area contributed by atoms with Crippen molar-refractivity contribution in [2.24, 2.45) is 0 Å².